The Morgan fingerprint density at radius 3 is 2.28 bits per heavy atom. The molecule has 1 aliphatic rings. The van der Waals surface area contributed by atoms with Crippen LogP contribution in [0.3, 0.4) is 0 Å². The van der Waals surface area contributed by atoms with Gasteiger partial charge in [-0.3, -0.25) is 4.98 Å². The molecule has 0 radical (unpaired) electrons. The van der Waals surface area contributed by atoms with Gasteiger partial charge in [0, 0.05) is 37.8 Å². The van der Waals surface area contributed by atoms with Crippen molar-refractivity contribution in [2.45, 2.75) is 18.9 Å². The van der Waals surface area contributed by atoms with E-state index < -0.39 is 11.6 Å². The Bertz CT molecular complexity index is 1060. The molecule has 2 aromatic heterocycles. The Morgan fingerprint density at radius 1 is 0.969 bits per heavy atom. The molecule has 9 heteroatoms. The number of halogens is 3. The van der Waals surface area contributed by atoms with Crippen molar-refractivity contribution in [1.82, 2.24) is 14.9 Å². The molecule has 2 amide bonds. The summed E-state index contributed by atoms with van der Waals surface area (Å²) in [7, 11) is 1.74. The summed E-state index contributed by atoms with van der Waals surface area (Å²) in [5, 5.41) is 2.80. The van der Waals surface area contributed by atoms with E-state index in [1.54, 1.807) is 30.1 Å². The van der Waals surface area contributed by atoms with E-state index in [0.29, 0.717) is 30.0 Å². The summed E-state index contributed by atoms with van der Waals surface area (Å²) in [6.45, 7) is 1.42. The molecular formula is C23H22F3N5O. The van der Waals surface area contributed by atoms with Crippen LogP contribution in [-0.4, -0.2) is 47.1 Å². The van der Waals surface area contributed by atoms with Crippen LogP contribution in [-0.2, 0) is 0 Å². The summed E-state index contributed by atoms with van der Waals surface area (Å²) in [6.07, 6.45) is 4.16. The van der Waals surface area contributed by atoms with Gasteiger partial charge in [0.2, 0.25) is 0 Å². The van der Waals surface area contributed by atoms with Crippen LogP contribution in [0.2, 0.25) is 0 Å². The lowest BCUT2D eigenvalue weighted by atomic mass is 10.0. The largest absolute Gasteiger partial charge is 0.356 e. The first kappa shape index (κ1) is 21.6. The van der Waals surface area contributed by atoms with E-state index >= 15 is 0 Å². The fourth-order valence-electron chi connectivity index (χ4n) is 3.76. The molecule has 0 bridgehead atoms. The molecule has 6 nitrogen and oxygen atoms in total. The molecule has 0 saturated carbocycles. The van der Waals surface area contributed by atoms with Crippen LogP contribution >= 0.6 is 0 Å². The standard InChI is InChI=1S/C23H22F3N5O/c1-30(20-6-8-31(9-7-20)22-5-2-16(24)13-28-22)23(32)29-19-3-4-21(27-14-19)15-10-17(25)12-18(26)11-15/h2-5,10-14,20H,6-9H2,1H3,(H,29,32). The molecule has 0 unspecified atom stereocenters. The number of nitrogens with zero attached hydrogens (tertiary/aromatic N) is 4. The molecule has 0 atom stereocenters. The van der Waals surface area contributed by atoms with E-state index in [9.17, 15) is 18.0 Å². The van der Waals surface area contributed by atoms with E-state index in [0.717, 1.165) is 24.7 Å². The zero-order valence-corrected chi connectivity index (χ0v) is 17.4. The van der Waals surface area contributed by atoms with Crippen LogP contribution in [0, 0.1) is 17.5 Å². The smallest absolute Gasteiger partial charge is 0.321 e. The Kier molecular flexibility index (Phi) is 6.25. The van der Waals surface area contributed by atoms with Crippen molar-refractivity contribution in [2.75, 3.05) is 30.4 Å². The Hall–Kier alpha value is -3.62. The molecule has 1 aromatic carbocycles. The minimum atomic E-state index is -0.679. The molecule has 0 spiro atoms. The summed E-state index contributed by atoms with van der Waals surface area (Å²) < 4.78 is 39.9. The van der Waals surface area contributed by atoms with Crippen LogP contribution in [0.4, 0.5) is 29.5 Å². The number of pyridine rings is 2. The number of anilines is 2. The number of amides is 2. The molecule has 1 fully saturated rings. The van der Waals surface area contributed by atoms with Gasteiger partial charge < -0.3 is 15.1 Å². The highest BCUT2D eigenvalue weighted by atomic mass is 19.1. The van der Waals surface area contributed by atoms with Crippen molar-refractivity contribution in [2.24, 2.45) is 0 Å². The van der Waals surface area contributed by atoms with Crippen LogP contribution in [0.5, 0.6) is 0 Å². The normalized spacial score (nSPS) is 14.3. The quantitative estimate of drug-likeness (QED) is 0.638. The number of carbonyl (C=O) groups is 1. The fourth-order valence-corrected chi connectivity index (χ4v) is 3.76. The second kappa shape index (κ2) is 9.25. The second-order valence-corrected chi connectivity index (χ2v) is 7.68. The van der Waals surface area contributed by atoms with Gasteiger partial charge in [0.15, 0.2) is 0 Å². The molecule has 0 aliphatic carbocycles. The summed E-state index contributed by atoms with van der Waals surface area (Å²) in [5.74, 6) is -1.00. The molecule has 1 aliphatic heterocycles. The van der Waals surface area contributed by atoms with E-state index in [1.807, 2.05) is 0 Å². The number of hydrogen-bond acceptors (Lipinski definition) is 4. The van der Waals surface area contributed by atoms with Gasteiger partial charge in [-0.05, 0) is 49.2 Å². The number of rotatable bonds is 4. The predicted octanol–water partition coefficient (Wildman–Crippen LogP) is 4.69. The van der Waals surface area contributed by atoms with Crippen LogP contribution in [0.1, 0.15) is 12.8 Å². The van der Waals surface area contributed by atoms with Gasteiger partial charge in [-0.15, -0.1) is 0 Å². The zero-order chi connectivity index (χ0) is 22.7. The SMILES string of the molecule is CN(C(=O)Nc1ccc(-c2cc(F)cc(F)c2)nc1)C1CCN(c2ccc(F)cn2)CC1. The fraction of sp³-hybridized carbons (Fsp3) is 0.261. The summed E-state index contributed by atoms with van der Waals surface area (Å²) in [6, 6.07) is 9.26. The van der Waals surface area contributed by atoms with Crippen molar-refractivity contribution in [3.8, 4) is 11.3 Å². The highest BCUT2D eigenvalue weighted by Crippen LogP contribution is 2.23. The molecule has 32 heavy (non-hydrogen) atoms. The average molecular weight is 441 g/mol. The number of piperidine rings is 1. The van der Waals surface area contributed by atoms with Gasteiger partial charge in [-0.25, -0.2) is 22.9 Å². The van der Waals surface area contributed by atoms with Crippen LogP contribution < -0.4 is 10.2 Å². The maximum Gasteiger partial charge on any atom is 0.321 e. The zero-order valence-electron chi connectivity index (χ0n) is 17.4. The average Bonchev–Trinajstić information content (AvgIpc) is 2.79. The topological polar surface area (TPSA) is 61.4 Å². The third-order valence-electron chi connectivity index (χ3n) is 5.54. The number of carbonyl (C=O) groups excluding carboxylic acids is 1. The number of nitrogens with one attached hydrogen (secondary N) is 1. The lowest BCUT2D eigenvalue weighted by Gasteiger charge is -2.37. The Morgan fingerprint density at radius 2 is 1.69 bits per heavy atom. The molecule has 3 aromatic rings. The summed E-state index contributed by atoms with van der Waals surface area (Å²) in [5.41, 5.74) is 1.20. The second-order valence-electron chi connectivity index (χ2n) is 7.68. The van der Waals surface area contributed by atoms with Gasteiger partial charge in [-0.2, -0.15) is 0 Å². The molecule has 1 saturated heterocycles. The van der Waals surface area contributed by atoms with Crippen molar-refractivity contribution >= 4 is 17.5 Å². The molecule has 3 heterocycles. The van der Waals surface area contributed by atoms with E-state index in [2.05, 4.69) is 20.2 Å². The monoisotopic (exact) mass is 441 g/mol. The summed E-state index contributed by atoms with van der Waals surface area (Å²) >= 11 is 0. The number of hydrogen-bond donors (Lipinski definition) is 1. The van der Waals surface area contributed by atoms with Crippen LogP contribution in [0.15, 0.2) is 54.9 Å². The Labute approximate surface area is 183 Å². The van der Waals surface area contributed by atoms with Gasteiger partial charge in [0.05, 0.1) is 23.8 Å². The third-order valence-corrected chi connectivity index (χ3v) is 5.54. The van der Waals surface area contributed by atoms with Gasteiger partial charge in [0.1, 0.15) is 23.3 Å². The van der Waals surface area contributed by atoms with Crippen LogP contribution in [0.25, 0.3) is 11.3 Å². The van der Waals surface area contributed by atoms with Crippen molar-refractivity contribution < 1.29 is 18.0 Å². The number of aromatic nitrogens is 2. The van der Waals surface area contributed by atoms with Gasteiger partial charge >= 0.3 is 6.03 Å². The number of urea groups is 1. The minimum Gasteiger partial charge on any atom is -0.356 e. The molecule has 1 N–H and O–H groups in total. The molecule has 4 rings (SSSR count). The molecular weight excluding hydrogens is 419 g/mol. The maximum absolute atomic E-state index is 13.4. The maximum atomic E-state index is 13.4. The lowest BCUT2D eigenvalue weighted by molar-refractivity contribution is 0.193. The highest BCUT2D eigenvalue weighted by molar-refractivity contribution is 5.89. The van der Waals surface area contributed by atoms with Crippen molar-refractivity contribution in [3.05, 3.63) is 72.3 Å². The van der Waals surface area contributed by atoms with Crippen molar-refractivity contribution in [3.63, 3.8) is 0 Å². The first-order valence-electron chi connectivity index (χ1n) is 10.2. The van der Waals surface area contributed by atoms with Gasteiger partial charge in [0.25, 0.3) is 0 Å². The summed E-state index contributed by atoms with van der Waals surface area (Å²) in [4.78, 5) is 24.7. The molecule has 166 valence electrons. The third kappa shape index (κ3) is 4.99. The lowest BCUT2D eigenvalue weighted by Crippen LogP contribution is -2.47. The number of benzene rings is 1. The first-order valence-corrected chi connectivity index (χ1v) is 10.2. The predicted molar refractivity (Wildman–Crippen MR) is 116 cm³/mol. The van der Waals surface area contributed by atoms with Crippen molar-refractivity contribution in [1.29, 1.82) is 0 Å². The Balaban J connectivity index is 1.33. The van der Waals surface area contributed by atoms with E-state index in [1.165, 1.54) is 30.6 Å². The minimum absolute atomic E-state index is 0.0502. The first-order chi connectivity index (χ1) is 15.4. The highest BCUT2D eigenvalue weighted by Gasteiger charge is 2.26. The van der Waals surface area contributed by atoms with E-state index in [-0.39, 0.29) is 17.9 Å². The van der Waals surface area contributed by atoms with E-state index in [4.69, 9.17) is 0 Å². The van der Waals surface area contributed by atoms with Gasteiger partial charge in [-0.1, -0.05) is 0 Å².